The van der Waals surface area contributed by atoms with Crippen molar-refractivity contribution in [1.29, 1.82) is 0 Å². The van der Waals surface area contributed by atoms with Gasteiger partial charge >= 0.3 is 5.97 Å². The second-order valence-electron chi connectivity index (χ2n) is 4.62. The highest BCUT2D eigenvalue weighted by molar-refractivity contribution is 5.88. The zero-order chi connectivity index (χ0) is 15.8. The van der Waals surface area contributed by atoms with Gasteiger partial charge in [-0.15, -0.1) is 0 Å². The van der Waals surface area contributed by atoms with Crippen LogP contribution >= 0.6 is 0 Å². The minimum absolute atomic E-state index is 0.138. The van der Waals surface area contributed by atoms with Gasteiger partial charge < -0.3 is 14.7 Å². The van der Waals surface area contributed by atoms with E-state index < -0.39 is 17.3 Å². The van der Waals surface area contributed by atoms with E-state index in [2.05, 4.69) is 0 Å². The van der Waals surface area contributed by atoms with Crippen molar-refractivity contribution in [3.63, 3.8) is 0 Å². The van der Waals surface area contributed by atoms with Crippen molar-refractivity contribution in [2.24, 2.45) is 0 Å². The van der Waals surface area contributed by atoms with Gasteiger partial charge in [0.2, 0.25) is 0 Å². The first-order valence-electron chi connectivity index (χ1n) is 6.93. The van der Waals surface area contributed by atoms with Crippen LogP contribution in [0.25, 0.3) is 0 Å². The maximum Gasteiger partial charge on any atom is 0.338 e. The summed E-state index contributed by atoms with van der Waals surface area (Å²) >= 11 is 0. The van der Waals surface area contributed by atoms with Crippen molar-refractivity contribution in [2.75, 3.05) is 19.7 Å². The molecule has 0 bridgehead atoms. The monoisotopic (exact) mass is 297 g/mol. The number of aromatic carboxylic acids is 1. The second kappa shape index (κ2) is 8.24. The molecule has 116 valence electrons. The van der Waals surface area contributed by atoms with E-state index in [0.29, 0.717) is 13.1 Å². The Morgan fingerprint density at radius 3 is 2.33 bits per heavy atom. The summed E-state index contributed by atoms with van der Waals surface area (Å²) in [6.07, 6.45) is 1.71. The molecule has 1 rings (SSSR count). The molecule has 1 N–H and O–H groups in total. The fourth-order valence-electron chi connectivity index (χ4n) is 1.90. The topological polar surface area (TPSA) is 66.8 Å². The first-order valence-corrected chi connectivity index (χ1v) is 6.93. The van der Waals surface area contributed by atoms with Crippen LogP contribution in [-0.2, 0) is 4.79 Å². The van der Waals surface area contributed by atoms with Gasteiger partial charge in [-0.3, -0.25) is 4.79 Å². The van der Waals surface area contributed by atoms with Crippen molar-refractivity contribution in [3.8, 4) is 5.75 Å². The van der Waals surface area contributed by atoms with Crippen LogP contribution in [0.1, 0.15) is 37.0 Å². The van der Waals surface area contributed by atoms with Crippen LogP contribution in [0.4, 0.5) is 4.39 Å². The second-order valence-corrected chi connectivity index (χ2v) is 4.62. The van der Waals surface area contributed by atoms with E-state index in [4.69, 9.17) is 9.84 Å². The summed E-state index contributed by atoms with van der Waals surface area (Å²) in [5, 5.41) is 8.72. The van der Waals surface area contributed by atoms with Crippen molar-refractivity contribution >= 4 is 11.9 Å². The minimum Gasteiger partial charge on any atom is -0.484 e. The highest BCUT2D eigenvalue weighted by Crippen LogP contribution is 2.16. The Hall–Kier alpha value is -2.11. The van der Waals surface area contributed by atoms with Crippen LogP contribution in [0.15, 0.2) is 18.2 Å². The summed E-state index contributed by atoms with van der Waals surface area (Å²) in [5.74, 6) is -2.25. The number of nitrogens with zero attached hydrogens (tertiary/aromatic N) is 1. The van der Waals surface area contributed by atoms with E-state index in [1.165, 1.54) is 6.07 Å². The maximum atomic E-state index is 13.5. The van der Waals surface area contributed by atoms with E-state index in [9.17, 15) is 14.0 Å². The molecule has 0 aliphatic carbocycles. The molecule has 21 heavy (non-hydrogen) atoms. The fourth-order valence-corrected chi connectivity index (χ4v) is 1.90. The highest BCUT2D eigenvalue weighted by atomic mass is 19.1. The maximum absolute atomic E-state index is 13.5. The average molecular weight is 297 g/mol. The molecule has 0 saturated carbocycles. The van der Waals surface area contributed by atoms with E-state index in [1.807, 2.05) is 13.8 Å². The molecule has 1 amide bonds. The lowest BCUT2D eigenvalue weighted by Gasteiger charge is -2.21. The Kier molecular flexibility index (Phi) is 6.65. The van der Waals surface area contributed by atoms with Crippen LogP contribution in [0.5, 0.6) is 5.75 Å². The molecule has 5 nitrogen and oxygen atoms in total. The van der Waals surface area contributed by atoms with Gasteiger partial charge in [0.05, 0.1) is 5.56 Å². The number of rotatable bonds is 8. The van der Waals surface area contributed by atoms with Gasteiger partial charge in [-0.1, -0.05) is 13.8 Å². The SMILES string of the molecule is CCCN(CCC)C(=O)COc1ccc(C(=O)O)c(F)c1. The number of carbonyl (C=O) groups excluding carboxylic acids is 1. The van der Waals surface area contributed by atoms with Gasteiger partial charge in [-0.25, -0.2) is 9.18 Å². The smallest absolute Gasteiger partial charge is 0.338 e. The summed E-state index contributed by atoms with van der Waals surface area (Å²) in [7, 11) is 0. The number of ether oxygens (including phenoxy) is 1. The first kappa shape index (κ1) is 16.9. The molecule has 1 aromatic rings. The standard InChI is InChI=1S/C15H20FNO4/c1-3-7-17(8-4-2)14(18)10-21-11-5-6-12(15(19)20)13(16)9-11/h5-6,9H,3-4,7-8,10H2,1-2H3,(H,19,20). The number of carboxylic acid groups (broad SMARTS) is 1. The number of amides is 1. The van der Waals surface area contributed by atoms with E-state index in [1.54, 1.807) is 4.90 Å². The predicted octanol–water partition coefficient (Wildman–Crippen LogP) is 2.55. The van der Waals surface area contributed by atoms with Crippen molar-refractivity contribution < 1.29 is 23.8 Å². The summed E-state index contributed by atoms with van der Waals surface area (Å²) in [6.45, 7) is 5.09. The van der Waals surface area contributed by atoms with Crippen molar-refractivity contribution in [1.82, 2.24) is 4.90 Å². The third kappa shape index (κ3) is 5.06. The van der Waals surface area contributed by atoms with E-state index in [-0.39, 0.29) is 18.3 Å². The lowest BCUT2D eigenvalue weighted by molar-refractivity contribution is -0.133. The zero-order valence-corrected chi connectivity index (χ0v) is 12.3. The number of carboxylic acids is 1. The Morgan fingerprint density at radius 1 is 1.24 bits per heavy atom. The van der Waals surface area contributed by atoms with Crippen molar-refractivity contribution in [3.05, 3.63) is 29.6 Å². The molecule has 0 atom stereocenters. The van der Waals surface area contributed by atoms with Crippen LogP contribution in [-0.4, -0.2) is 41.6 Å². The summed E-state index contributed by atoms with van der Waals surface area (Å²) in [4.78, 5) is 24.4. The zero-order valence-electron chi connectivity index (χ0n) is 12.3. The summed E-state index contributed by atoms with van der Waals surface area (Å²) < 4.78 is 18.7. The molecular weight excluding hydrogens is 277 g/mol. The Balaban J connectivity index is 2.63. The molecule has 0 aliphatic rings. The number of carbonyl (C=O) groups is 2. The molecule has 0 spiro atoms. The van der Waals surface area contributed by atoms with Crippen LogP contribution < -0.4 is 4.74 Å². The van der Waals surface area contributed by atoms with Gasteiger partial charge in [-0.2, -0.15) is 0 Å². The normalized spacial score (nSPS) is 10.2. The minimum atomic E-state index is -1.34. The Labute approximate surface area is 123 Å². The number of hydrogen-bond acceptors (Lipinski definition) is 3. The number of benzene rings is 1. The molecular formula is C15H20FNO4. The molecule has 0 aliphatic heterocycles. The third-order valence-corrected chi connectivity index (χ3v) is 2.87. The Morgan fingerprint density at radius 2 is 1.86 bits per heavy atom. The number of hydrogen-bond donors (Lipinski definition) is 1. The van der Waals surface area contributed by atoms with Gasteiger partial charge in [-0.05, 0) is 25.0 Å². The highest BCUT2D eigenvalue weighted by Gasteiger charge is 2.14. The molecule has 0 aromatic heterocycles. The molecule has 1 aromatic carbocycles. The van der Waals surface area contributed by atoms with Crippen LogP contribution in [0, 0.1) is 5.82 Å². The van der Waals surface area contributed by atoms with Gasteiger partial charge in [0.1, 0.15) is 11.6 Å². The van der Waals surface area contributed by atoms with E-state index >= 15 is 0 Å². The lowest BCUT2D eigenvalue weighted by Crippen LogP contribution is -2.36. The molecule has 0 radical (unpaired) electrons. The fraction of sp³-hybridized carbons (Fsp3) is 0.467. The van der Waals surface area contributed by atoms with Gasteiger partial charge in [0.15, 0.2) is 6.61 Å². The molecule has 0 heterocycles. The molecule has 0 fully saturated rings. The van der Waals surface area contributed by atoms with E-state index in [0.717, 1.165) is 25.0 Å². The van der Waals surface area contributed by atoms with Crippen LogP contribution in [0.2, 0.25) is 0 Å². The molecule has 0 unspecified atom stereocenters. The summed E-state index contributed by atoms with van der Waals surface area (Å²) in [6, 6.07) is 3.43. The average Bonchev–Trinajstić information content (AvgIpc) is 2.44. The quantitative estimate of drug-likeness (QED) is 0.800. The van der Waals surface area contributed by atoms with Crippen LogP contribution in [0.3, 0.4) is 0 Å². The summed E-state index contributed by atoms with van der Waals surface area (Å²) in [5.41, 5.74) is -0.424. The predicted molar refractivity (Wildman–Crippen MR) is 76.0 cm³/mol. The van der Waals surface area contributed by atoms with Gasteiger partial charge in [0, 0.05) is 19.2 Å². The first-order chi connectivity index (χ1) is 9.99. The number of halogens is 1. The Bertz CT molecular complexity index is 498. The molecule has 0 saturated heterocycles. The lowest BCUT2D eigenvalue weighted by atomic mass is 10.2. The largest absolute Gasteiger partial charge is 0.484 e. The van der Waals surface area contributed by atoms with Crippen molar-refractivity contribution in [2.45, 2.75) is 26.7 Å². The molecule has 6 heteroatoms. The third-order valence-electron chi connectivity index (χ3n) is 2.87. The van der Waals surface area contributed by atoms with Gasteiger partial charge in [0.25, 0.3) is 5.91 Å².